The molecule has 8 nitrogen and oxygen atoms in total. The number of benzene rings is 1. The molecule has 0 unspecified atom stereocenters. The van der Waals surface area contributed by atoms with E-state index in [0.29, 0.717) is 30.1 Å². The number of rotatable bonds is 6. The van der Waals surface area contributed by atoms with Crippen LogP contribution in [-0.4, -0.2) is 45.7 Å². The summed E-state index contributed by atoms with van der Waals surface area (Å²) in [5.74, 6) is 0.685. The van der Waals surface area contributed by atoms with Gasteiger partial charge in [-0.25, -0.2) is 14.8 Å². The fourth-order valence-corrected chi connectivity index (χ4v) is 3.28. The van der Waals surface area contributed by atoms with Gasteiger partial charge < -0.3 is 10.4 Å². The number of aliphatic hydroxyl groups excluding tert-OH is 1. The topological polar surface area (TPSA) is 107 Å². The van der Waals surface area contributed by atoms with E-state index in [1.807, 2.05) is 57.2 Å². The standard InChI is InChI=1S/C24H29N5O3/c1-16(31)29(11-8-12-30)21-14-20-18(15-25-21)13-19(17-9-6-5-7-10-17)22(26-20)27-23(32)28-24(2,3)4/h5-7,9-10,13-15,30H,8,11-12H2,1-4H3,(H2,26,27,28,32). The largest absolute Gasteiger partial charge is 0.396 e. The molecule has 3 aromatic rings. The molecule has 0 spiro atoms. The van der Waals surface area contributed by atoms with Crippen LogP contribution in [0.4, 0.5) is 16.4 Å². The fourth-order valence-electron chi connectivity index (χ4n) is 3.28. The lowest BCUT2D eigenvalue weighted by atomic mass is 10.0. The van der Waals surface area contributed by atoms with Gasteiger partial charge in [0, 0.05) is 48.8 Å². The average molecular weight is 436 g/mol. The number of anilines is 2. The summed E-state index contributed by atoms with van der Waals surface area (Å²) in [6.07, 6.45) is 2.11. The molecule has 0 fully saturated rings. The predicted molar refractivity (Wildman–Crippen MR) is 127 cm³/mol. The molecule has 0 atom stereocenters. The zero-order valence-electron chi connectivity index (χ0n) is 18.8. The SMILES string of the molecule is CC(=O)N(CCCO)c1cc2nc(NC(=O)NC(C)(C)C)c(-c3ccccc3)cc2cn1. The maximum Gasteiger partial charge on any atom is 0.320 e. The Balaban J connectivity index is 2.07. The monoisotopic (exact) mass is 435 g/mol. The third-order valence-electron chi connectivity index (χ3n) is 4.69. The van der Waals surface area contributed by atoms with E-state index < -0.39 is 5.54 Å². The fraction of sp³-hybridized carbons (Fsp3) is 0.333. The van der Waals surface area contributed by atoms with Crippen molar-refractivity contribution in [1.29, 1.82) is 0 Å². The smallest absolute Gasteiger partial charge is 0.320 e. The number of carbonyl (C=O) groups excluding carboxylic acids is 2. The van der Waals surface area contributed by atoms with Crippen molar-refractivity contribution in [1.82, 2.24) is 15.3 Å². The van der Waals surface area contributed by atoms with E-state index in [1.165, 1.54) is 11.8 Å². The highest BCUT2D eigenvalue weighted by Gasteiger charge is 2.18. The number of nitrogens with one attached hydrogen (secondary N) is 2. The number of pyridine rings is 2. The maximum atomic E-state index is 12.6. The molecule has 0 saturated carbocycles. The van der Waals surface area contributed by atoms with Crippen molar-refractivity contribution >= 4 is 34.5 Å². The van der Waals surface area contributed by atoms with Gasteiger partial charge in [-0.15, -0.1) is 0 Å². The molecule has 0 aliphatic carbocycles. The summed E-state index contributed by atoms with van der Waals surface area (Å²) >= 11 is 0. The highest BCUT2D eigenvalue weighted by molar-refractivity contribution is 5.98. The first-order valence-electron chi connectivity index (χ1n) is 10.5. The van der Waals surface area contributed by atoms with Crippen LogP contribution in [0.2, 0.25) is 0 Å². The minimum Gasteiger partial charge on any atom is -0.396 e. The molecule has 2 aromatic heterocycles. The van der Waals surface area contributed by atoms with Gasteiger partial charge in [0.15, 0.2) is 0 Å². The van der Waals surface area contributed by atoms with Gasteiger partial charge in [-0.2, -0.15) is 0 Å². The van der Waals surface area contributed by atoms with Crippen molar-refractivity contribution in [2.45, 2.75) is 39.7 Å². The summed E-state index contributed by atoms with van der Waals surface area (Å²) in [6, 6.07) is 13.0. The molecule has 0 radical (unpaired) electrons. The first kappa shape index (κ1) is 23.1. The van der Waals surface area contributed by atoms with Crippen molar-refractivity contribution in [3.05, 3.63) is 48.7 Å². The zero-order chi connectivity index (χ0) is 23.3. The Kier molecular flexibility index (Phi) is 7.05. The van der Waals surface area contributed by atoms with Gasteiger partial charge in [0.25, 0.3) is 0 Å². The van der Waals surface area contributed by atoms with Gasteiger partial charge in [0.05, 0.1) is 5.52 Å². The summed E-state index contributed by atoms with van der Waals surface area (Å²) in [4.78, 5) is 35.3. The number of hydrogen-bond donors (Lipinski definition) is 3. The van der Waals surface area contributed by atoms with Gasteiger partial charge in [-0.3, -0.25) is 15.0 Å². The molecule has 1 aromatic carbocycles. The van der Waals surface area contributed by atoms with E-state index >= 15 is 0 Å². The second-order valence-corrected chi connectivity index (χ2v) is 8.56. The lowest BCUT2D eigenvalue weighted by molar-refractivity contribution is -0.116. The highest BCUT2D eigenvalue weighted by Crippen LogP contribution is 2.31. The quantitative estimate of drug-likeness (QED) is 0.543. The lowest BCUT2D eigenvalue weighted by Gasteiger charge is -2.22. The summed E-state index contributed by atoms with van der Waals surface area (Å²) < 4.78 is 0. The minimum absolute atomic E-state index is 0.0208. The minimum atomic E-state index is -0.403. The Morgan fingerprint density at radius 1 is 1.12 bits per heavy atom. The second kappa shape index (κ2) is 9.74. The number of urea groups is 1. The van der Waals surface area contributed by atoms with Crippen LogP contribution in [0.25, 0.3) is 22.0 Å². The number of nitrogens with zero attached hydrogens (tertiary/aromatic N) is 3. The van der Waals surface area contributed by atoms with Crippen molar-refractivity contribution in [3.63, 3.8) is 0 Å². The third-order valence-corrected chi connectivity index (χ3v) is 4.69. The Morgan fingerprint density at radius 2 is 1.84 bits per heavy atom. The summed E-state index contributed by atoms with van der Waals surface area (Å²) in [7, 11) is 0. The number of carbonyl (C=O) groups is 2. The summed E-state index contributed by atoms with van der Waals surface area (Å²) in [5.41, 5.74) is 1.86. The third kappa shape index (κ3) is 5.79. The molecule has 0 aliphatic rings. The lowest BCUT2D eigenvalue weighted by Crippen LogP contribution is -2.43. The molecule has 3 amide bonds. The van der Waals surface area contributed by atoms with E-state index in [1.54, 1.807) is 12.3 Å². The van der Waals surface area contributed by atoms with Crippen molar-refractivity contribution in [2.24, 2.45) is 0 Å². The maximum absolute atomic E-state index is 12.6. The number of aromatic nitrogens is 2. The van der Waals surface area contributed by atoms with Crippen LogP contribution < -0.4 is 15.5 Å². The second-order valence-electron chi connectivity index (χ2n) is 8.56. The van der Waals surface area contributed by atoms with Crippen LogP contribution in [0, 0.1) is 0 Å². The predicted octanol–water partition coefficient (Wildman–Crippen LogP) is 3.95. The van der Waals surface area contributed by atoms with Gasteiger partial charge in [0.1, 0.15) is 11.6 Å². The number of hydrogen-bond acceptors (Lipinski definition) is 5. The summed E-state index contributed by atoms with van der Waals surface area (Å²) in [6.45, 7) is 7.50. The van der Waals surface area contributed by atoms with E-state index in [9.17, 15) is 9.59 Å². The van der Waals surface area contributed by atoms with Crippen molar-refractivity contribution in [3.8, 4) is 11.1 Å². The molecular weight excluding hydrogens is 406 g/mol. The molecule has 3 N–H and O–H groups in total. The van der Waals surface area contributed by atoms with E-state index in [0.717, 1.165) is 16.5 Å². The van der Waals surface area contributed by atoms with Crippen molar-refractivity contribution < 1.29 is 14.7 Å². The Labute approximate surface area is 187 Å². The Morgan fingerprint density at radius 3 is 2.47 bits per heavy atom. The Hall–Kier alpha value is -3.52. The van der Waals surface area contributed by atoms with Gasteiger partial charge >= 0.3 is 6.03 Å². The molecule has 3 rings (SSSR count). The van der Waals surface area contributed by atoms with E-state index in [4.69, 9.17) is 10.1 Å². The molecule has 8 heteroatoms. The Bertz CT molecular complexity index is 1110. The molecule has 32 heavy (non-hydrogen) atoms. The first-order chi connectivity index (χ1) is 15.2. The van der Waals surface area contributed by atoms with Crippen LogP contribution in [0.3, 0.4) is 0 Å². The van der Waals surface area contributed by atoms with Crippen molar-refractivity contribution in [2.75, 3.05) is 23.4 Å². The van der Waals surface area contributed by atoms with Crippen LogP contribution in [0.15, 0.2) is 48.7 Å². The van der Waals surface area contributed by atoms with Crippen LogP contribution in [-0.2, 0) is 4.79 Å². The number of amides is 3. The molecule has 2 heterocycles. The molecular formula is C24H29N5O3. The average Bonchev–Trinajstić information content (AvgIpc) is 2.72. The van der Waals surface area contributed by atoms with Gasteiger partial charge in [-0.05, 0) is 38.8 Å². The first-order valence-corrected chi connectivity index (χ1v) is 10.5. The molecule has 0 aliphatic heterocycles. The van der Waals surface area contributed by atoms with Crippen LogP contribution in [0.1, 0.15) is 34.1 Å². The molecule has 168 valence electrons. The van der Waals surface area contributed by atoms with Gasteiger partial charge in [0.2, 0.25) is 5.91 Å². The van der Waals surface area contributed by atoms with Crippen LogP contribution in [0.5, 0.6) is 0 Å². The van der Waals surface area contributed by atoms with Gasteiger partial charge in [-0.1, -0.05) is 30.3 Å². The number of aliphatic hydroxyl groups is 1. The van der Waals surface area contributed by atoms with E-state index in [-0.39, 0.29) is 18.5 Å². The molecule has 0 bridgehead atoms. The normalized spacial score (nSPS) is 11.3. The van der Waals surface area contributed by atoms with E-state index in [2.05, 4.69) is 15.6 Å². The summed E-state index contributed by atoms with van der Waals surface area (Å²) in [5, 5.41) is 15.7. The van der Waals surface area contributed by atoms with Crippen LogP contribution >= 0.6 is 0 Å². The number of fused-ring (bicyclic) bond motifs is 1. The zero-order valence-corrected chi connectivity index (χ0v) is 18.8. The molecule has 0 saturated heterocycles. The highest BCUT2D eigenvalue weighted by atomic mass is 16.3.